The van der Waals surface area contributed by atoms with Crippen molar-refractivity contribution in [3.63, 3.8) is 0 Å². The molecule has 170 valence electrons. The molecule has 1 N–H and O–H groups in total. The van der Waals surface area contributed by atoms with Crippen LogP contribution in [0.4, 0.5) is 4.79 Å². The molecule has 0 radical (unpaired) electrons. The number of carbonyl (C=O) groups excluding carboxylic acids is 2. The average molecular weight is 429 g/mol. The normalized spacial score (nSPS) is 30.1. The number of hydrogen-bond acceptors (Lipinski definition) is 5. The van der Waals surface area contributed by atoms with E-state index in [4.69, 9.17) is 4.74 Å². The van der Waals surface area contributed by atoms with Crippen molar-refractivity contribution in [2.75, 3.05) is 39.5 Å². The molecule has 0 aromatic heterocycles. The van der Waals surface area contributed by atoms with E-state index in [1.54, 1.807) is 0 Å². The third-order valence-corrected chi connectivity index (χ3v) is 7.43. The fraction of sp³-hybridized carbons (Fsp3) is 0.667. The van der Waals surface area contributed by atoms with Crippen molar-refractivity contribution in [3.05, 3.63) is 29.8 Å². The SMILES string of the molecule is CCOc1ccc(CN2CCN(CN3C(=O)NC4(C3=O)C(C)CCCC4C)CC2)cc1. The zero-order chi connectivity index (χ0) is 22.0. The predicted octanol–water partition coefficient (Wildman–Crippen LogP) is 2.91. The number of piperazine rings is 1. The van der Waals surface area contributed by atoms with Gasteiger partial charge in [0.1, 0.15) is 11.3 Å². The Morgan fingerprint density at radius 1 is 1.00 bits per heavy atom. The molecule has 2 heterocycles. The van der Waals surface area contributed by atoms with Crippen LogP contribution in [0.3, 0.4) is 0 Å². The molecule has 1 aromatic carbocycles. The van der Waals surface area contributed by atoms with Crippen molar-refractivity contribution in [3.8, 4) is 5.75 Å². The van der Waals surface area contributed by atoms with Gasteiger partial charge in [-0.1, -0.05) is 32.4 Å². The Hall–Kier alpha value is -2.12. The highest BCUT2D eigenvalue weighted by Crippen LogP contribution is 2.42. The van der Waals surface area contributed by atoms with E-state index in [0.29, 0.717) is 13.3 Å². The van der Waals surface area contributed by atoms with E-state index in [0.717, 1.165) is 57.7 Å². The van der Waals surface area contributed by atoms with Crippen LogP contribution in [0.1, 0.15) is 45.6 Å². The molecule has 2 saturated heterocycles. The first-order valence-corrected chi connectivity index (χ1v) is 11.7. The molecule has 2 unspecified atom stereocenters. The van der Waals surface area contributed by atoms with Gasteiger partial charge in [-0.2, -0.15) is 0 Å². The van der Waals surface area contributed by atoms with E-state index >= 15 is 0 Å². The second-order valence-electron chi connectivity index (χ2n) is 9.38. The average Bonchev–Trinajstić information content (AvgIpc) is 3.01. The van der Waals surface area contributed by atoms with E-state index in [2.05, 4.69) is 41.1 Å². The van der Waals surface area contributed by atoms with Crippen LogP contribution in [0.15, 0.2) is 24.3 Å². The Labute approximate surface area is 185 Å². The number of carbonyl (C=O) groups is 2. The molecule has 2 atom stereocenters. The van der Waals surface area contributed by atoms with Crippen molar-refractivity contribution in [1.82, 2.24) is 20.0 Å². The van der Waals surface area contributed by atoms with Gasteiger partial charge < -0.3 is 10.1 Å². The molecule has 1 spiro atoms. The molecule has 7 nitrogen and oxygen atoms in total. The molecule has 1 aromatic rings. The number of rotatable bonds is 6. The van der Waals surface area contributed by atoms with Crippen LogP contribution >= 0.6 is 0 Å². The molecule has 1 aliphatic carbocycles. The van der Waals surface area contributed by atoms with Crippen molar-refractivity contribution < 1.29 is 14.3 Å². The molecule has 4 rings (SSSR count). The Morgan fingerprint density at radius 3 is 2.23 bits per heavy atom. The molecular weight excluding hydrogens is 392 g/mol. The van der Waals surface area contributed by atoms with Gasteiger partial charge in [-0.25, -0.2) is 9.69 Å². The fourth-order valence-electron chi connectivity index (χ4n) is 5.49. The highest BCUT2D eigenvalue weighted by atomic mass is 16.5. The van der Waals surface area contributed by atoms with E-state index in [-0.39, 0.29) is 23.8 Å². The topological polar surface area (TPSA) is 65.1 Å². The summed E-state index contributed by atoms with van der Waals surface area (Å²) in [5, 5.41) is 3.10. The first-order valence-electron chi connectivity index (χ1n) is 11.7. The highest BCUT2D eigenvalue weighted by Gasteiger charge is 2.58. The monoisotopic (exact) mass is 428 g/mol. The van der Waals surface area contributed by atoms with Crippen LogP contribution in [-0.2, 0) is 11.3 Å². The van der Waals surface area contributed by atoms with Crippen LogP contribution in [0.25, 0.3) is 0 Å². The van der Waals surface area contributed by atoms with Crippen molar-refractivity contribution in [1.29, 1.82) is 0 Å². The molecule has 7 heteroatoms. The molecule has 0 bridgehead atoms. The first-order chi connectivity index (χ1) is 14.9. The van der Waals surface area contributed by atoms with Crippen LogP contribution < -0.4 is 10.1 Å². The molecule has 1 saturated carbocycles. The standard InChI is InChI=1S/C24H36N4O3/c1-4-31-21-10-8-20(9-11-21)16-26-12-14-27(15-13-26)17-28-22(29)24(25-23(28)30)18(2)6-5-7-19(24)3/h8-11,18-19H,4-7,12-17H2,1-3H3,(H,25,30). The summed E-state index contributed by atoms with van der Waals surface area (Å²) in [5.41, 5.74) is 0.568. The van der Waals surface area contributed by atoms with Gasteiger partial charge in [-0.3, -0.25) is 14.6 Å². The van der Waals surface area contributed by atoms with Gasteiger partial charge in [-0.15, -0.1) is 0 Å². The Bertz CT molecular complexity index is 779. The lowest BCUT2D eigenvalue weighted by Gasteiger charge is -2.42. The molecule has 31 heavy (non-hydrogen) atoms. The number of imide groups is 1. The summed E-state index contributed by atoms with van der Waals surface area (Å²) in [7, 11) is 0. The maximum atomic E-state index is 13.4. The zero-order valence-electron chi connectivity index (χ0n) is 19.1. The summed E-state index contributed by atoms with van der Waals surface area (Å²) in [6.45, 7) is 11.7. The molecular formula is C24H36N4O3. The minimum absolute atomic E-state index is 0.0194. The molecule has 3 fully saturated rings. The van der Waals surface area contributed by atoms with Crippen LogP contribution in [-0.4, -0.2) is 71.6 Å². The lowest BCUT2D eigenvalue weighted by molar-refractivity contribution is -0.138. The van der Waals surface area contributed by atoms with Crippen LogP contribution in [0.5, 0.6) is 5.75 Å². The minimum atomic E-state index is -0.704. The summed E-state index contributed by atoms with van der Waals surface area (Å²) >= 11 is 0. The number of nitrogens with one attached hydrogen (secondary N) is 1. The van der Waals surface area contributed by atoms with Crippen molar-refractivity contribution in [2.45, 2.75) is 52.1 Å². The third-order valence-electron chi connectivity index (χ3n) is 7.43. The summed E-state index contributed by atoms with van der Waals surface area (Å²) < 4.78 is 5.52. The quantitative estimate of drug-likeness (QED) is 0.706. The third kappa shape index (κ3) is 4.30. The Morgan fingerprint density at radius 2 is 1.61 bits per heavy atom. The van der Waals surface area contributed by atoms with Gasteiger partial charge >= 0.3 is 6.03 Å². The molecule has 3 aliphatic rings. The Balaban J connectivity index is 1.30. The van der Waals surface area contributed by atoms with Gasteiger partial charge in [0.05, 0.1) is 13.3 Å². The number of ether oxygens (including phenoxy) is 1. The van der Waals surface area contributed by atoms with Crippen LogP contribution in [0, 0.1) is 11.8 Å². The number of hydrogen-bond donors (Lipinski definition) is 1. The smallest absolute Gasteiger partial charge is 0.326 e. The van der Waals surface area contributed by atoms with Gasteiger partial charge in [0.25, 0.3) is 5.91 Å². The van der Waals surface area contributed by atoms with Crippen LogP contribution in [0.2, 0.25) is 0 Å². The summed E-state index contributed by atoms with van der Waals surface area (Å²) in [6.07, 6.45) is 3.12. The molecule has 3 amide bonds. The number of amides is 3. The lowest BCUT2D eigenvalue weighted by Crippen LogP contribution is -2.59. The Kier molecular flexibility index (Phi) is 6.53. The lowest BCUT2D eigenvalue weighted by atomic mass is 9.67. The maximum Gasteiger partial charge on any atom is 0.326 e. The highest BCUT2D eigenvalue weighted by molar-refractivity contribution is 6.07. The summed E-state index contributed by atoms with van der Waals surface area (Å²) in [5.74, 6) is 1.25. The minimum Gasteiger partial charge on any atom is -0.494 e. The van der Waals surface area contributed by atoms with Gasteiger partial charge in [0.15, 0.2) is 0 Å². The number of urea groups is 1. The summed E-state index contributed by atoms with van der Waals surface area (Å²) in [6, 6.07) is 8.07. The number of benzene rings is 1. The van der Waals surface area contributed by atoms with E-state index in [1.165, 1.54) is 10.5 Å². The zero-order valence-corrected chi connectivity index (χ0v) is 19.1. The second kappa shape index (κ2) is 9.17. The summed E-state index contributed by atoms with van der Waals surface area (Å²) in [4.78, 5) is 32.2. The second-order valence-corrected chi connectivity index (χ2v) is 9.38. The number of nitrogens with zero attached hydrogens (tertiary/aromatic N) is 3. The van der Waals surface area contributed by atoms with Crippen molar-refractivity contribution >= 4 is 11.9 Å². The van der Waals surface area contributed by atoms with E-state index < -0.39 is 5.54 Å². The van der Waals surface area contributed by atoms with E-state index in [1.807, 2.05) is 19.1 Å². The maximum absolute atomic E-state index is 13.4. The van der Waals surface area contributed by atoms with Gasteiger partial charge in [-0.05, 0) is 49.3 Å². The van der Waals surface area contributed by atoms with Gasteiger partial charge in [0.2, 0.25) is 0 Å². The first kappa shape index (κ1) is 22.1. The molecule has 2 aliphatic heterocycles. The fourth-order valence-corrected chi connectivity index (χ4v) is 5.49. The predicted molar refractivity (Wildman–Crippen MR) is 120 cm³/mol. The van der Waals surface area contributed by atoms with Crippen molar-refractivity contribution in [2.24, 2.45) is 11.8 Å². The van der Waals surface area contributed by atoms with Gasteiger partial charge in [0, 0.05) is 32.7 Å². The van der Waals surface area contributed by atoms with E-state index in [9.17, 15) is 9.59 Å². The largest absolute Gasteiger partial charge is 0.494 e.